The first-order chi connectivity index (χ1) is 10.7. The molecule has 1 aromatic carbocycles. The molecule has 2 rings (SSSR count). The van der Waals surface area contributed by atoms with Crippen molar-refractivity contribution in [1.29, 1.82) is 0 Å². The highest BCUT2D eigenvalue weighted by Gasteiger charge is 2.26. The molecule has 0 aromatic heterocycles. The summed E-state index contributed by atoms with van der Waals surface area (Å²) in [4.78, 5) is 11.8. The van der Waals surface area contributed by atoms with Gasteiger partial charge < -0.3 is 15.4 Å². The van der Waals surface area contributed by atoms with Crippen LogP contribution in [0.2, 0.25) is 0 Å². The fraction of sp³-hybridized carbons (Fsp3) is 0.588. The number of nitrogens with one attached hydrogen (secondary N) is 2. The van der Waals surface area contributed by atoms with Crippen molar-refractivity contribution in [2.24, 2.45) is 0 Å². The summed E-state index contributed by atoms with van der Waals surface area (Å²) in [5.74, 6) is -1.73. The third kappa shape index (κ3) is 5.37. The molecule has 128 valence electrons. The van der Waals surface area contributed by atoms with E-state index < -0.39 is 23.3 Å². The van der Waals surface area contributed by atoms with Crippen LogP contribution in [0.1, 0.15) is 46.5 Å². The second-order valence-electron chi connectivity index (χ2n) is 6.95. The molecule has 0 aliphatic heterocycles. The zero-order valence-electron chi connectivity index (χ0n) is 13.8. The normalized spacial score (nSPS) is 21.6. The van der Waals surface area contributed by atoms with E-state index in [0.717, 1.165) is 25.3 Å². The molecule has 6 heteroatoms. The van der Waals surface area contributed by atoms with Gasteiger partial charge in [-0.15, -0.1) is 0 Å². The zero-order chi connectivity index (χ0) is 17.0. The number of hydrogen-bond acceptors (Lipinski definition) is 3. The van der Waals surface area contributed by atoms with Gasteiger partial charge >= 0.3 is 6.09 Å². The Morgan fingerprint density at radius 2 is 1.91 bits per heavy atom. The number of alkyl carbamates (subject to hydrolysis) is 1. The highest BCUT2D eigenvalue weighted by Crippen LogP contribution is 2.25. The minimum Gasteiger partial charge on any atom is -0.444 e. The molecule has 2 N–H and O–H groups in total. The Morgan fingerprint density at radius 1 is 1.22 bits per heavy atom. The fourth-order valence-electron chi connectivity index (χ4n) is 2.76. The van der Waals surface area contributed by atoms with Gasteiger partial charge in [-0.3, -0.25) is 0 Å². The second-order valence-corrected chi connectivity index (χ2v) is 6.95. The van der Waals surface area contributed by atoms with Gasteiger partial charge in [0.2, 0.25) is 0 Å². The highest BCUT2D eigenvalue weighted by atomic mass is 19.2. The summed E-state index contributed by atoms with van der Waals surface area (Å²) in [7, 11) is 0. The van der Waals surface area contributed by atoms with Crippen molar-refractivity contribution >= 4 is 11.8 Å². The topological polar surface area (TPSA) is 50.4 Å². The number of ether oxygens (including phenoxy) is 1. The largest absolute Gasteiger partial charge is 0.444 e. The van der Waals surface area contributed by atoms with Crippen LogP contribution in [0.25, 0.3) is 0 Å². The van der Waals surface area contributed by atoms with Gasteiger partial charge in [0, 0.05) is 12.1 Å². The van der Waals surface area contributed by atoms with E-state index in [0.29, 0.717) is 6.42 Å². The maximum atomic E-state index is 13.7. The maximum absolute atomic E-state index is 13.7. The van der Waals surface area contributed by atoms with Crippen LogP contribution in [-0.4, -0.2) is 23.8 Å². The summed E-state index contributed by atoms with van der Waals surface area (Å²) in [6, 6.07) is 4.03. The van der Waals surface area contributed by atoms with Crippen molar-refractivity contribution in [1.82, 2.24) is 5.32 Å². The van der Waals surface area contributed by atoms with E-state index in [1.165, 1.54) is 12.1 Å². The van der Waals surface area contributed by atoms with E-state index in [4.69, 9.17) is 4.74 Å². The van der Waals surface area contributed by atoms with E-state index in [2.05, 4.69) is 10.6 Å². The summed E-state index contributed by atoms with van der Waals surface area (Å²) >= 11 is 0. The summed E-state index contributed by atoms with van der Waals surface area (Å²) in [5.41, 5.74) is -0.380. The Bertz CT molecular complexity index is 558. The molecule has 0 saturated heterocycles. The summed E-state index contributed by atoms with van der Waals surface area (Å²) in [6.45, 7) is 5.43. The number of amides is 1. The molecule has 0 spiro atoms. The van der Waals surface area contributed by atoms with Crippen LogP contribution in [0.4, 0.5) is 19.3 Å². The summed E-state index contributed by atoms with van der Waals surface area (Å²) < 4.78 is 32.2. The average molecular weight is 326 g/mol. The van der Waals surface area contributed by atoms with E-state index in [9.17, 15) is 13.6 Å². The van der Waals surface area contributed by atoms with Crippen molar-refractivity contribution in [2.45, 2.75) is 64.1 Å². The average Bonchev–Trinajstić information content (AvgIpc) is 2.42. The molecule has 4 nitrogen and oxygen atoms in total. The second kappa shape index (κ2) is 7.15. The Morgan fingerprint density at radius 3 is 2.61 bits per heavy atom. The van der Waals surface area contributed by atoms with Gasteiger partial charge in [-0.05, 0) is 58.6 Å². The third-order valence-electron chi connectivity index (χ3n) is 3.71. The van der Waals surface area contributed by atoms with Crippen molar-refractivity contribution in [3.05, 3.63) is 29.8 Å². The molecule has 1 aliphatic rings. The lowest BCUT2D eigenvalue weighted by Crippen LogP contribution is -2.43. The zero-order valence-corrected chi connectivity index (χ0v) is 13.8. The number of carbonyl (C=O) groups excluding carboxylic acids is 1. The van der Waals surface area contributed by atoms with Gasteiger partial charge in [-0.25, -0.2) is 13.6 Å². The van der Waals surface area contributed by atoms with Crippen LogP contribution in [0.5, 0.6) is 0 Å². The molecule has 1 aromatic rings. The molecule has 2 unspecified atom stereocenters. The predicted molar refractivity (Wildman–Crippen MR) is 85.4 cm³/mol. The van der Waals surface area contributed by atoms with E-state index in [1.54, 1.807) is 0 Å². The minimum absolute atomic E-state index is 0.0139. The monoisotopic (exact) mass is 326 g/mol. The Kier molecular flexibility index (Phi) is 5.44. The number of hydrogen-bond donors (Lipinski definition) is 2. The smallest absolute Gasteiger partial charge is 0.407 e. The summed E-state index contributed by atoms with van der Waals surface area (Å²) in [6.07, 6.45) is 2.80. The molecule has 2 atom stereocenters. The summed E-state index contributed by atoms with van der Waals surface area (Å²) in [5, 5.41) is 5.88. The Labute approximate surface area is 135 Å². The van der Waals surface area contributed by atoms with Gasteiger partial charge in [-0.2, -0.15) is 0 Å². The lowest BCUT2D eigenvalue weighted by atomic mass is 9.91. The lowest BCUT2D eigenvalue weighted by Gasteiger charge is -2.31. The third-order valence-corrected chi connectivity index (χ3v) is 3.71. The first-order valence-corrected chi connectivity index (χ1v) is 7.94. The highest BCUT2D eigenvalue weighted by molar-refractivity contribution is 5.68. The Balaban J connectivity index is 1.91. The molecule has 0 heterocycles. The molecule has 23 heavy (non-hydrogen) atoms. The van der Waals surface area contributed by atoms with Gasteiger partial charge in [0.05, 0.1) is 5.69 Å². The van der Waals surface area contributed by atoms with Crippen molar-refractivity contribution in [2.75, 3.05) is 5.32 Å². The predicted octanol–water partition coefficient (Wildman–Crippen LogP) is 4.21. The van der Waals surface area contributed by atoms with Gasteiger partial charge in [-0.1, -0.05) is 6.07 Å². The van der Waals surface area contributed by atoms with Crippen molar-refractivity contribution in [3.63, 3.8) is 0 Å². The van der Waals surface area contributed by atoms with Crippen LogP contribution in [0, 0.1) is 11.6 Å². The van der Waals surface area contributed by atoms with Crippen molar-refractivity contribution in [3.8, 4) is 0 Å². The lowest BCUT2D eigenvalue weighted by molar-refractivity contribution is 0.0492. The standard InChI is InChI=1S/C17H24F2N2O2/c1-17(2,3)23-16(22)21-12-7-4-6-11(10-12)20-14-9-5-8-13(18)15(14)19/h5,8-9,11-12,20H,4,6-7,10H2,1-3H3,(H,21,22). The number of carbonyl (C=O) groups is 1. The molecular formula is C17H24F2N2O2. The molecule has 1 amide bonds. The number of halogens is 2. The maximum Gasteiger partial charge on any atom is 0.407 e. The Hall–Kier alpha value is -1.85. The van der Waals surface area contributed by atoms with Crippen LogP contribution in [0.3, 0.4) is 0 Å². The van der Waals surface area contributed by atoms with E-state index in [-0.39, 0.29) is 17.8 Å². The first kappa shape index (κ1) is 17.5. The van der Waals surface area contributed by atoms with E-state index in [1.807, 2.05) is 20.8 Å². The molecule has 1 saturated carbocycles. The first-order valence-electron chi connectivity index (χ1n) is 7.94. The fourth-order valence-corrected chi connectivity index (χ4v) is 2.76. The SMILES string of the molecule is CC(C)(C)OC(=O)NC1CCCC(Nc2cccc(F)c2F)C1. The van der Waals surface area contributed by atoms with Crippen molar-refractivity contribution < 1.29 is 18.3 Å². The number of benzene rings is 1. The van der Waals surface area contributed by atoms with E-state index >= 15 is 0 Å². The van der Waals surface area contributed by atoms with Gasteiger partial charge in [0.1, 0.15) is 5.60 Å². The van der Waals surface area contributed by atoms with Crippen LogP contribution in [0.15, 0.2) is 18.2 Å². The van der Waals surface area contributed by atoms with Crippen LogP contribution >= 0.6 is 0 Å². The molecular weight excluding hydrogens is 302 g/mol. The number of anilines is 1. The van der Waals surface area contributed by atoms with Gasteiger partial charge in [0.15, 0.2) is 11.6 Å². The molecule has 0 radical (unpaired) electrons. The quantitative estimate of drug-likeness (QED) is 0.875. The van der Waals surface area contributed by atoms with Crippen LogP contribution in [-0.2, 0) is 4.74 Å². The van der Waals surface area contributed by atoms with Gasteiger partial charge in [0.25, 0.3) is 0 Å². The molecule has 0 bridgehead atoms. The number of rotatable bonds is 3. The molecule has 1 aliphatic carbocycles. The minimum atomic E-state index is -0.866. The molecule has 1 fully saturated rings. The van der Waals surface area contributed by atoms with Crippen LogP contribution < -0.4 is 10.6 Å².